The lowest BCUT2D eigenvalue weighted by Crippen LogP contribution is -2.59. The largest absolute Gasteiger partial charge is 0.457 e. The van der Waals surface area contributed by atoms with Crippen LogP contribution in [0.15, 0.2) is 0 Å². The molecule has 0 saturated carbocycles. The van der Waals surface area contributed by atoms with Gasteiger partial charge in [-0.2, -0.15) is 0 Å². The average molecular weight is 397 g/mol. The van der Waals surface area contributed by atoms with E-state index in [9.17, 15) is 9.90 Å². The molecule has 0 aromatic rings. The number of alkyl halides is 1. The molecule has 0 radical (unpaired) electrons. The number of halogens is 1. The van der Waals surface area contributed by atoms with Gasteiger partial charge in [-0.05, 0) is 12.8 Å². The molecule has 0 spiro atoms. The van der Waals surface area contributed by atoms with Gasteiger partial charge in [0.25, 0.3) is 0 Å². The SMILES string of the molecule is CCCCOCC1O[C@@H](Br)C(OCCCC)[C@@H](O)[C@H]1OC(C)=O. The number of hydrogen-bond donors (Lipinski definition) is 1. The third-order valence-corrected chi connectivity index (χ3v) is 4.37. The van der Waals surface area contributed by atoms with Crippen molar-refractivity contribution in [3.05, 3.63) is 0 Å². The predicted molar refractivity (Wildman–Crippen MR) is 89.5 cm³/mol. The summed E-state index contributed by atoms with van der Waals surface area (Å²) in [5.74, 6) is -0.462. The fraction of sp³-hybridized carbons (Fsp3) is 0.938. The summed E-state index contributed by atoms with van der Waals surface area (Å²) in [7, 11) is 0. The Morgan fingerprint density at radius 2 is 1.83 bits per heavy atom. The summed E-state index contributed by atoms with van der Waals surface area (Å²) in [6.07, 6.45) is 1.01. The number of carbonyl (C=O) groups is 1. The van der Waals surface area contributed by atoms with Crippen LogP contribution in [0, 0.1) is 0 Å². The van der Waals surface area contributed by atoms with Gasteiger partial charge in [0.05, 0.1) is 6.61 Å². The number of hydrogen-bond acceptors (Lipinski definition) is 6. The molecule has 1 rings (SSSR count). The molecule has 0 amide bonds. The first-order valence-corrected chi connectivity index (χ1v) is 9.26. The highest BCUT2D eigenvalue weighted by molar-refractivity contribution is 9.09. The van der Waals surface area contributed by atoms with Crippen LogP contribution in [-0.4, -0.2) is 60.3 Å². The van der Waals surface area contributed by atoms with Crippen LogP contribution in [0.3, 0.4) is 0 Å². The second-order valence-electron chi connectivity index (χ2n) is 5.71. The molecule has 1 saturated heterocycles. The van der Waals surface area contributed by atoms with E-state index in [1.807, 2.05) is 0 Å². The maximum absolute atomic E-state index is 11.3. The molecule has 5 atom stereocenters. The maximum Gasteiger partial charge on any atom is 0.303 e. The Labute approximate surface area is 146 Å². The van der Waals surface area contributed by atoms with E-state index >= 15 is 0 Å². The Morgan fingerprint density at radius 1 is 1.17 bits per heavy atom. The fourth-order valence-corrected chi connectivity index (χ4v) is 3.08. The smallest absolute Gasteiger partial charge is 0.303 e. The van der Waals surface area contributed by atoms with Crippen molar-refractivity contribution in [1.82, 2.24) is 0 Å². The molecule has 7 heteroatoms. The Bertz CT molecular complexity index is 339. The number of aliphatic hydroxyl groups is 1. The molecule has 0 aromatic heterocycles. The van der Waals surface area contributed by atoms with Crippen molar-refractivity contribution in [2.75, 3.05) is 19.8 Å². The number of carbonyl (C=O) groups excluding carboxylic acids is 1. The van der Waals surface area contributed by atoms with Gasteiger partial charge in [0.15, 0.2) is 6.10 Å². The summed E-state index contributed by atoms with van der Waals surface area (Å²) in [4.78, 5) is 11.3. The predicted octanol–water partition coefficient (Wildman–Crippen LogP) is 2.40. The van der Waals surface area contributed by atoms with Crippen molar-refractivity contribution in [3.8, 4) is 0 Å². The summed E-state index contributed by atoms with van der Waals surface area (Å²) in [6.45, 7) is 6.86. The van der Waals surface area contributed by atoms with Crippen molar-refractivity contribution in [2.45, 2.75) is 75.9 Å². The fourth-order valence-electron chi connectivity index (χ4n) is 2.34. The standard InChI is InChI=1S/C16H29BrO6/c1-4-6-8-20-10-12-14(22-11(3)18)13(19)15(16(17)23-12)21-9-7-5-2/h12-16,19H,4-10H2,1-3H3/t12?,13-,14-,15?,16+/m0/s1. The Hall–Kier alpha value is -0.210. The lowest BCUT2D eigenvalue weighted by molar-refractivity contribution is -0.231. The molecular formula is C16H29BrO6. The van der Waals surface area contributed by atoms with Crippen molar-refractivity contribution in [3.63, 3.8) is 0 Å². The molecule has 23 heavy (non-hydrogen) atoms. The van der Waals surface area contributed by atoms with Crippen LogP contribution in [0.1, 0.15) is 46.5 Å². The third kappa shape index (κ3) is 7.05. The number of ether oxygens (including phenoxy) is 4. The molecule has 0 bridgehead atoms. The van der Waals surface area contributed by atoms with Gasteiger partial charge in [-0.1, -0.05) is 42.6 Å². The van der Waals surface area contributed by atoms with Crippen LogP contribution < -0.4 is 0 Å². The number of unbranched alkanes of at least 4 members (excludes halogenated alkanes) is 2. The number of rotatable bonds is 10. The number of esters is 1. The molecule has 1 N–H and O–H groups in total. The van der Waals surface area contributed by atoms with Gasteiger partial charge >= 0.3 is 5.97 Å². The van der Waals surface area contributed by atoms with Crippen molar-refractivity contribution in [2.24, 2.45) is 0 Å². The van der Waals surface area contributed by atoms with Gasteiger partial charge < -0.3 is 24.1 Å². The van der Waals surface area contributed by atoms with E-state index in [-0.39, 0.29) is 6.61 Å². The highest BCUT2D eigenvalue weighted by atomic mass is 79.9. The monoisotopic (exact) mass is 396 g/mol. The van der Waals surface area contributed by atoms with Gasteiger partial charge in [-0.15, -0.1) is 0 Å². The van der Waals surface area contributed by atoms with Gasteiger partial charge in [-0.25, -0.2) is 0 Å². The molecule has 2 unspecified atom stereocenters. The Balaban J connectivity index is 2.65. The average Bonchev–Trinajstić information content (AvgIpc) is 2.50. The topological polar surface area (TPSA) is 74.2 Å². The minimum Gasteiger partial charge on any atom is -0.457 e. The molecular weight excluding hydrogens is 368 g/mol. The Morgan fingerprint density at radius 3 is 2.43 bits per heavy atom. The molecule has 1 heterocycles. The van der Waals surface area contributed by atoms with Crippen LogP contribution in [0.5, 0.6) is 0 Å². The molecule has 0 aromatic carbocycles. The van der Waals surface area contributed by atoms with Gasteiger partial charge in [0, 0.05) is 20.1 Å². The molecule has 0 aliphatic carbocycles. The van der Waals surface area contributed by atoms with Crippen LogP contribution in [0.4, 0.5) is 0 Å². The summed E-state index contributed by atoms with van der Waals surface area (Å²) in [6, 6.07) is 0. The first kappa shape index (κ1) is 20.8. The number of aliphatic hydroxyl groups excluding tert-OH is 1. The van der Waals surface area contributed by atoms with E-state index in [4.69, 9.17) is 18.9 Å². The zero-order valence-electron chi connectivity index (χ0n) is 14.2. The minimum absolute atomic E-state index is 0.263. The van der Waals surface area contributed by atoms with E-state index in [1.54, 1.807) is 0 Å². The quantitative estimate of drug-likeness (QED) is 0.347. The summed E-state index contributed by atoms with van der Waals surface area (Å²) in [5, 5.41) is 10.1. The second kappa shape index (κ2) is 11.4. The maximum atomic E-state index is 11.3. The van der Waals surface area contributed by atoms with E-state index in [0.717, 1.165) is 25.7 Å². The normalized spacial score (nSPS) is 31.1. The summed E-state index contributed by atoms with van der Waals surface area (Å²) >= 11 is 3.40. The van der Waals surface area contributed by atoms with Crippen LogP contribution in [0.25, 0.3) is 0 Å². The third-order valence-electron chi connectivity index (χ3n) is 3.64. The first-order valence-electron chi connectivity index (χ1n) is 8.35. The highest BCUT2D eigenvalue weighted by Gasteiger charge is 2.46. The lowest BCUT2D eigenvalue weighted by Gasteiger charge is -2.42. The molecule has 1 aliphatic rings. The van der Waals surface area contributed by atoms with E-state index in [2.05, 4.69) is 29.8 Å². The van der Waals surface area contributed by atoms with Crippen LogP contribution >= 0.6 is 15.9 Å². The van der Waals surface area contributed by atoms with E-state index in [0.29, 0.717) is 13.2 Å². The summed E-state index contributed by atoms with van der Waals surface area (Å²) in [5.41, 5.74) is 0. The highest BCUT2D eigenvalue weighted by Crippen LogP contribution is 2.29. The zero-order chi connectivity index (χ0) is 17.2. The molecule has 1 aliphatic heterocycles. The van der Waals surface area contributed by atoms with Crippen molar-refractivity contribution < 1.29 is 28.8 Å². The van der Waals surface area contributed by atoms with Crippen molar-refractivity contribution >= 4 is 21.9 Å². The first-order chi connectivity index (χ1) is 11.0. The van der Waals surface area contributed by atoms with Crippen LogP contribution in [-0.2, 0) is 23.7 Å². The lowest BCUT2D eigenvalue weighted by atomic mass is 10.00. The Kier molecular flexibility index (Phi) is 10.3. The van der Waals surface area contributed by atoms with E-state index < -0.39 is 35.4 Å². The second-order valence-corrected chi connectivity index (χ2v) is 6.61. The minimum atomic E-state index is -0.964. The van der Waals surface area contributed by atoms with E-state index in [1.165, 1.54) is 6.92 Å². The molecule has 136 valence electrons. The molecule has 1 fully saturated rings. The van der Waals surface area contributed by atoms with Gasteiger partial charge in [-0.3, -0.25) is 4.79 Å². The van der Waals surface area contributed by atoms with Gasteiger partial charge in [0.1, 0.15) is 23.3 Å². The van der Waals surface area contributed by atoms with Crippen molar-refractivity contribution in [1.29, 1.82) is 0 Å². The zero-order valence-corrected chi connectivity index (χ0v) is 15.8. The van der Waals surface area contributed by atoms with Crippen LogP contribution in [0.2, 0.25) is 0 Å². The molecule has 6 nitrogen and oxygen atoms in total. The van der Waals surface area contributed by atoms with Gasteiger partial charge in [0.2, 0.25) is 0 Å². The summed E-state index contributed by atoms with van der Waals surface area (Å²) < 4.78 is 22.4.